The van der Waals surface area contributed by atoms with Crippen molar-refractivity contribution in [1.29, 1.82) is 0 Å². The summed E-state index contributed by atoms with van der Waals surface area (Å²) in [7, 11) is 3.56. The lowest BCUT2D eigenvalue weighted by Crippen LogP contribution is -2.45. The number of carbonyl (C=O) groups is 1. The summed E-state index contributed by atoms with van der Waals surface area (Å²) in [6.07, 6.45) is -1.63. The van der Waals surface area contributed by atoms with E-state index in [-0.39, 0.29) is 11.6 Å². The van der Waals surface area contributed by atoms with E-state index in [0.717, 1.165) is 17.3 Å². The first-order valence-electron chi connectivity index (χ1n) is 8.72. The van der Waals surface area contributed by atoms with Crippen LogP contribution in [0.25, 0.3) is 5.69 Å². The van der Waals surface area contributed by atoms with Crippen molar-refractivity contribution in [3.8, 4) is 5.69 Å². The summed E-state index contributed by atoms with van der Waals surface area (Å²) in [5.74, 6) is -0.123. The number of halogens is 3. The molecule has 3 aromatic rings. The van der Waals surface area contributed by atoms with Gasteiger partial charge in [0.25, 0.3) is 5.91 Å². The Labute approximate surface area is 160 Å². The van der Waals surface area contributed by atoms with Crippen LogP contribution < -0.4 is 4.90 Å². The molecule has 4 nitrogen and oxygen atoms in total. The van der Waals surface area contributed by atoms with Gasteiger partial charge in [-0.25, -0.2) is 0 Å². The smallest absolute Gasteiger partial charge is 0.350 e. The van der Waals surface area contributed by atoms with E-state index in [1.807, 2.05) is 30.1 Å². The van der Waals surface area contributed by atoms with Crippen LogP contribution >= 0.6 is 0 Å². The number of alkyl halides is 3. The number of benzene rings is 2. The SMILES string of the molecule is CN1C(=O)c2ccccc2N(C)C1c1ccn(-c2ccccc2C(F)(F)F)c1. The Balaban J connectivity index is 1.76. The number of amides is 1. The van der Waals surface area contributed by atoms with Gasteiger partial charge in [-0.3, -0.25) is 4.79 Å². The zero-order valence-corrected chi connectivity index (χ0v) is 15.3. The lowest BCUT2D eigenvalue weighted by atomic mass is 10.0. The van der Waals surface area contributed by atoms with E-state index < -0.39 is 17.9 Å². The van der Waals surface area contributed by atoms with Crippen molar-refractivity contribution in [2.24, 2.45) is 0 Å². The molecular formula is C21H18F3N3O. The average Bonchev–Trinajstić information content (AvgIpc) is 3.15. The van der Waals surface area contributed by atoms with Crippen LogP contribution in [0, 0.1) is 0 Å². The topological polar surface area (TPSA) is 28.5 Å². The number of nitrogens with zero attached hydrogens (tertiary/aromatic N) is 3. The van der Waals surface area contributed by atoms with E-state index in [4.69, 9.17) is 0 Å². The first-order valence-corrected chi connectivity index (χ1v) is 8.72. The van der Waals surface area contributed by atoms with Gasteiger partial charge in [0.05, 0.1) is 22.5 Å². The standard InChI is InChI=1S/C21H18F3N3O/c1-25-17-9-5-3-7-15(17)20(28)26(2)19(25)14-11-12-27(13-14)18-10-6-4-8-16(18)21(22,23)24/h3-13,19H,1-2H3. The van der Waals surface area contributed by atoms with Gasteiger partial charge in [-0.05, 0) is 30.3 Å². The molecule has 0 saturated carbocycles. The maximum Gasteiger partial charge on any atom is 0.418 e. The highest BCUT2D eigenvalue weighted by Gasteiger charge is 2.36. The molecule has 0 bridgehead atoms. The fraction of sp³-hybridized carbons (Fsp3) is 0.190. The zero-order valence-electron chi connectivity index (χ0n) is 15.3. The van der Waals surface area contributed by atoms with Gasteiger partial charge in [-0.15, -0.1) is 0 Å². The van der Waals surface area contributed by atoms with Crippen molar-refractivity contribution in [1.82, 2.24) is 9.47 Å². The average molecular weight is 385 g/mol. The van der Waals surface area contributed by atoms with Crippen molar-refractivity contribution in [3.05, 3.63) is 83.7 Å². The second kappa shape index (κ2) is 6.44. The number of carbonyl (C=O) groups excluding carboxylic acids is 1. The maximum absolute atomic E-state index is 13.4. The van der Waals surface area contributed by atoms with Crippen LogP contribution in [0.2, 0.25) is 0 Å². The fourth-order valence-electron chi connectivity index (χ4n) is 3.76. The minimum Gasteiger partial charge on any atom is -0.350 e. The molecular weight excluding hydrogens is 367 g/mol. The van der Waals surface area contributed by atoms with Gasteiger partial charge in [-0.1, -0.05) is 24.3 Å². The van der Waals surface area contributed by atoms with Gasteiger partial charge in [0.2, 0.25) is 0 Å². The van der Waals surface area contributed by atoms with Crippen molar-refractivity contribution in [2.45, 2.75) is 12.3 Å². The summed E-state index contributed by atoms with van der Waals surface area (Å²) in [6, 6.07) is 14.5. The number of anilines is 1. The molecule has 0 spiro atoms. The molecule has 1 atom stereocenters. The second-order valence-corrected chi connectivity index (χ2v) is 6.78. The number of rotatable bonds is 2. The van der Waals surface area contributed by atoms with Crippen molar-refractivity contribution in [3.63, 3.8) is 0 Å². The molecule has 0 N–H and O–H groups in total. The van der Waals surface area contributed by atoms with Crippen LogP contribution in [0.4, 0.5) is 18.9 Å². The maximum atomic E-state index is 13.4. The molecule has 1 aromatic heterocycles. The van der Waals surface area contributed by atoms with E-state index in [1.165, 1.54) is 16.7 Å². The highest BCUT2D eigenvalue weighted by atomic mass is 19.4. The monoisotopic (exact) mass is 385 g/mol. The Kier molecular flexibility index (Phi) is 4.18. The minimum absolute atomic E-state index is 0.0501. The number of para-hydroxylation sites is 2. The van der Waals surface area contributed by atoms with E-state index in [0.29, 0.717) is 5.56 Å². The highest BCUT2D eigenvalue weighted by Crippen LogP contribution is 2.38. The van der Waals surface area contributed by atoms with E-state index in [2.05, 4.69) is 0 Å². The molecule has 2 aromatic carbocycles. The molecule has 1 amide bonds. The molecule has 0 saturated heterocycles. The third-order valence-corrected chi connectivity index (χ3v) is 5.07. The quantitative estimate of drug-likeness (QED) is 0.639. The molecule has 1 aliphatic rings. The number of hydrogen-bond acceptors (Lipinski definition) is 2. The van der Waals surface area contributed by atoms with Gasteiger partial charge in [0.15, 0.2) is 0 Å². The first-order chi connectivity index (χ1) is 13.3. The normalized spacial score (nSPS) is 17.0. The Morgan fingerprint density at radius 1 is 0.857 bits per heavy atom. The lowest BCUT2D eigenvalue weighted by Gasteiger charge is -2.41. The predicted octanol–water partition coefficient (Wildman–Crippen LogP) is 4.72. The van der Waals surface area contributed by atoms with Crippen molar-refractivity contribution < 1.29 is 18.0 Å². The number of fused-ring (bicyclic) bond motifs is 1. The third-order valence-electron chi connectivity index (χ3n) is 5.07. The molecule has 1 aliphatic heterocycles. The zero-order chi connectivity index (χ0) is 20.1. The summed E-state index contributed by atoms with van der Waals surface area (Å²) in [6.45, 7) is 0. The van der Waals surface area contributed by atoms with Gasteiger partial charge >= 0.3 is 6.18 Å². The molecule has 7 heteroatoms. The number of hydrogen-bond donors (Lipinski definition) is 0. The van der Waals surface area contributed by atoms with Crippen LogP contribution in [0.15, 0.2) is 67.0 Å². The van der Waals surface area contributed by atoms with Gasteiger partial charge in [0.1, 0.15) is 6.17 Å². The predicted molar refractivity (Wildman–Crippen MR) is 100 cm³/mol. The molecule has 0 aliphatic carbocycles. The molecule has 4 rings (SSSR count). The Morgan fingerprint density at radius 2 is 1.50 bits per heavy atom. The summed E-state index contributed by atoms with van der Waals surface area (Å²) in [5.41, 5.74) is 1.47. The van der Waals surface area contributed by atoms with Crippen LogP contribution in [-0.4, -0.2) is 29.5 Å². The van der Waals surface area contributed by atoms with E-state index in [9.17, 15) is 18.0 Å². The first kappa shape index (κ1) is 18.2. The van der Waals surface area contributed by atoms with Crippen LogP contribution in [0.3, 0.4) is 0 Å². The Bertz CT molecular complexity index is 1040. The molecule has 0 radical (unpaired) electrons. The van der Waals surface area contributed by atoms with Gasteiger partial charge in [-0.2, -0.15) is 13.2 Å². The Hall–Kier alpha value is -3.22. The second-order valence-electron chi connectivity index (χ2n) is 6.78. The lowest BCUT2D eigenvalue weighted by molar-refractivity contribution is -0.137. The van der Waals surface area contributed by atoms with Gasteiger partial charge in [0, 0.05) is 32.1 Å². The number of aromatic nitrogens is 1. The summed E-state index contributed by atoms with van der Waals surface area (Å²) < 4.78 is 41.5. The van der Waals surface area contributed by atoms with Crippen LogP contribution in [-0.2, 0) is 6.18 Å². The third kappa shape index (κ3) is 2.83. The largest absolute Gasteiger partial charge is 0.418 e. The van der Waals surface area contributed by atoms with E-state index in [1.54, 1.807) is 42.5 Å². The summed E-state index contributed by atoms with van der Waals surface area (Å²) in [4.78, 5) is 16.3. The van der Waals surface area contributed by atoms with Crippen LogP contribution in [0.5, 0.6) is 0 Å². The minimum atomic E-state index is -4.45. The molecule has 144 valence electrons. The van der Waals surface area contributed by atoms with Gasteiger partial charge < -0.3 is 14.4 Å². The van der Waals surface area contributed by atoms with Crippen molar-refractivity contribution in [2.75, 3.05) is 19.0 Å². The molecule has 1 unspecified atom stereocenters. The van der Waals surface area contributed by atoms with Crippen LogP contribution in [0.1, 0.15) is 27.7 Å². The summed E-state index contributed by atoms with van der Waals surface area (Å²) in [5, 5.41) is 0. The van der Waals surface area contributed by atoms with Crippen molar-refractivity contribution >= 4 is 11.6 Å². The summed E-state index contributed by atoms with van der Waals surface area (Å²) >= 11 is 0. The Morgan fingerprint density at radius 3 is 2.21 bits per heavy atom. The molecule has 0 fully saturated rings. The molecule has 2 heterocycles. The van der Waals surface area contributed by atoms with E-state index >= 15 is 0 Å². The fourth-order valence-corrected chi connectivity index (χ4v) is 3.76. The molecule has 28 heavy (non-hydrogen) atoms. The highest BCUT2D eigenvalue weighted by molar-refractivity contribution is 6.01.